The SMILES string of the molecule is CCCCC[C@@H](N)c1ccc(C)c(Br)c1.Cl. The van der Waals surface area contributed by atoms with Crippen molar-refractivity contribution in [1.82, 2.24) is 0 Å². The lowest BCUT2D eigenvalue weighted by Gasteiger charge is -2.12. The maximum absolute atomic E-state index is 6.13. The fourth-order valence-electron chi connectivity index (χ4n) is 1.62. The minimum atomic E-state index is 0. The third-order valence-electron chi connectivity index (χ3n) is 2.74. The zero-order valence-corrected chi connectivity index (χ0v) is 12.4. The number of unbranched alkanes of at least 4 members (excludes halogenated alkanes) is 2. The van der Waals surface area contributed by atoms with Crippen LogP contribution in [-0.2, 0) is 0 Å². The van der Waals surface area contributed by atoms with Crippen molar-refractivity contribution in [3.05, 3.63) is 33.8 Å². The van der Waals surface area contributed by atoms with Gasteiger partial charge in [0.25, 0.3) is 0 Å². The Morgan fingerprint density at radius 1 is 1.31 bits per heavy atom. The van der Waals surface area contributed by atoms with Gasteiger partial charge in [0.2, 0.25) is 0 Å². The molecule has 1 nitrogen and oxygen atoms in total. The zero-order chi connectivity index (χ0) is 11.3. The second kappa shape index (κ2) is 8.10. The third-order valence-corrected chi connectivity index (χ3v) is 3.60. The highest BCUT2D eigenvalue weighted by molar-refractivity contribution is 9.10. The number of aryl methyl sites for hydroxylation is 1. The summed E-state index contributed by atoms with van der Waals surface area (Å²) in [5, 5.41) is 0. The highest BCUT2D eigenvalue weighted by Crippen LogP contribution is 2.23. The molecule has 0 aliphatic carbocycles. The molecule has 0 unspecified atom stereocenters. The Morgan fingerprint density at radius 2 is 2.00 bits per heavy atom. The average molecular weight is 307 g/mol. The van der Waals surface area contributed by atoms with E-state index < -0.39 is 0 Å². The minimum absolute atomic E-state index is 0. The molecule has 16 heavy (non-hydrogen) atoms. The van der Waals surface area contributed by atoms with Gasteiger partial charge in [0.05, 0.1) is 0 Å². The minimum Gasteiger partial charge on any atom is -0.324 e. The fourth-order valence-corrected chi connectivity index (χ4v) is 2.02. The van der Waals surface area contributed by atoms with E-state index in [1.54, 1.807) is 0 Å². The van der Waals surface area contributed by atoms with Crippen molar-refractivity contribution >= 4 is 28.3 Å². The predicted octanol–water partition coefficient (Wildman–Crippen LogP) is 4.76. The largest absolute Gasteiger partial charge is 0.324 e. The quantitative estimate of drug-likeness (QED) is 0.780. The van der Waals surface area contributed by atoms with Gasteiger partial charge in [0.1, 0.15) is 0 Å². The van der Waals surface area contributed by atoms with Crippen LogP contribution in [0.3, 0.4) is 0 Å². The van der Waals surface area contributed by atoms with Gasteiger partial charge in [-0.05, 0) is 30.5 Å². The molecule has 0 spiro atoms. The van der Waals surface area contributed by atoms with Crippen molar-refractivity contribution < 1.29 is 0 Å². The molecule has 0 saturated carbocycles. The first-order valence-electron chi connectivity index (χ1n) is 5.66. The summed E-state index contributed by atoms with van der Waals surface area (Å²) in [4.78, 5) is 0. The fraction of sp³-hybridized carbons (Fsp3) is 0.538. The van der Waals surface area contributed by atoms with Crippen molar-refractivity contribution in [3.63, 3.8) is 0 Å². The van der Waals surface area contributed by atoms with E-state index in [0.29, 0.717) is 0 Å². The molecule has 0 fully saturated rings. The zero-order valence-electron chi connectivity index (χ0n) is 10.0. The van der Waals surface area contributed by atoms with E-state index >= 15 is 0 Å². The second-order valence-corrected chi connectivity index (χ2v) is 4.97. The van der Waals surface area contributed by atoms with Crippen LogP contribution in [0.4, 0.5) is 0 Å². The molecule has 1 aromatic rings. The van der Waals surface area contributed by atoms with Crippen LogP contribution in [0, 0.1) is 6.92 Å². The molecule has 1 atom stereocenters. The van der Waals surface area contributed by atoms with E-state index in [2.05, 4.69) is 48.0 Å². The molecule has 92 valence electrons. The summed E-state index contributed by atoms with van der Waals surface area (Å²) >= 11 is 3.54. The smallest absolute Gasteiger partial charge is 0.0295 e. The molecule has 0 amide bonds. The van der Waals surface area contributed by atoms with E-state index in [1.807, 2.05) is 0 Å². The maximum atomic E-state index is 6.13. The topological polar surface area (TPSA) is 26.0 Å². The molecular formula is C13H21BrClN. The van der Waals surface area contributed by atoms with Crippen LogP contribution in [0.2, 0.25) is 0 Å². The standard InChI is InChI=1S/C13H20BrN.ClH/c1-3-4-5-6-13(15)11-8-7-10(2)12(14)9-11;/h7-9,13H,3-6,15H2,1-2H3;1H/t13-;/m1./s1. The van der Waals surface area contributed by atoms with Gasteiger partial charge < -0.3 is 5.73 Å². The van der Waals surface area contributed by atoms with E-state index in [-0.39, 0.29) is 18.4 Å². The molecule has 0 aliphatic heterocycles. The Balaban J connectivity index is 0.00000225. The summed E-state index contributed by atoms with van der Waals surface area (Å²) in [7, 11) is 0. The summed E-state index contributed by atoms with van der Waals surface area (Å²) in [6.45, 7) is 4.31. The van der Waals surface area contributed by atoms with Crippen LogP contribution >= 0.6 is 28.3 Å². The summed E-state index contributed by atoms with van der Waals surface area (Å²) in [5.41, 5.74) is 8.64. The Labute approximate surface area is 113 Å². The van der Waals surface area contributed by atoms with Crippen LogP contribution in [-0.4, -0.2) is 0 Å². The molecule has 0 heterocycles. The number of nitrogens with two attached hydrogens (primary N) is 1. The summed E-state index contributed by atoms with van der Waals surface area (Å²) in [6, 6.07) is 6.59. The monoisotopic (exact) mass is 305 g/mol. The summed E-state index contributed by atoms with van der Waals surface area (Å²) < 4.78 is 1.16. The molecule has 1 rings (SSSR count). The lowest BCUT2D eigenvalue weighted by Crippen LogP contribution is -2.10. The van der Waals surface area contributed by atoms with Gasteiger partial charge in [-0.1, -0.05) is 54.2 Å². The van der Waals surface area contributed by atoms with Crippen molar-refractivity contribution in [3.8, 4) is 0 Å². The molecule has 2 N–H and O–H groups in total. The van der Waals surface area contributed by atoms with Crippen molar-refractivity contribution in [1.29, 1.82) is 0 Å². The molecule has 0 saturated heterocycles. The van der Waals surface area contributed by atoms with Gasteiger partial charge in [-0.25, -0.2) is 0 Å². The Morgan fingerprint density at radius 3 is 2.56 bits per heavy atom. The second-order valence-electron chi connectivity index (χ2n) is 4.11. The van der Waals surface area contributed by atoms with Crippen molar-refractivity contribution in [2.45, 2.75) is 45.6 Å². The van der Waals surface area contributed by atoms with Crippen molar-refractivity contribution in [2.24, 2.45) is 5.73 Å². The molecule has 1 aromatic carbocycles. The normalized spacial score (nSPS) is 12.0. The number of benzene rings is 1. The van der Waals surface area contributed by atoms with Gasteiger partial charge in [-0.15, -0.1) is 12.4 Å². The van der Waals surface area contributed by atoms with Gasteiger partial charge in [0, 0.05) is 10.5 Å². The summed E-state index contributed by atoms with van der Waals surface area (Å²) in [6.07, 6.45) is 4.84. The molecule has 0 radical (unpaired) electrons. The Kier molecular flexibility index (Phi) is 8.08. The van der Waals surface area contributed by atoms with Gasteiger partial charge in [-0.2, -0.15) is 0 Å². The Bertz CT molecular complexity index is 315. The number of halogens is 2. The van der Waals surface area contributed by atoms with Crippen LogP contribution in [0.15, 0.2) is 22.7 Å². The van der Waals surface area contributed by atoms with E-state index in [0.717, 1.165) is 10.9 Å². The number of hydrogen-bond acceptors (Lipinski definition) is 1. The first-order chi connectivity index (χ1) is 7.15. The highest BCUT2D eigenvalue weighted by atomic mass is 79.9. The number of hydrogen-bond donors (Lipinski definition) is 1. The lowest BCUT2D eigenvalue weighted by atomic mass is 10.0. The maximum Gasteiger partial charge on any atom is 0.0295 e. The van der Waals surface area contributed by atoms with Crippen LogP contribution < -0.4 is 5.73 Å². The van der Waals surface area contributed by atoms with E-state index in [1.165, 1.54) is 30.4 Å². The van der Waals surface area contributed by atoms with Crippen LogP contribution in [0.1, 0.15) is 49.8 Å². The van der Waals surface area contributed by atoms with Gasteiger partial charge in [-0.3, -0.25) is 0 Å². The van der Waals surface area contributed by atoms with E-state index in [4.69, 9.17) is 5.73 Å². The first kappa shape index (κ1) is 16.0. The third kappa shape index (κ3) is 4.86. The molecule has 0 aromatic heterocycles. The van der Waals surface area contributed by atoms with Gasteiger partial charge >= 0.3 is 0 Å². The highest BCUT2D eigenvalue weighted by Gasteiger charge is 2.06. The van der Waals surface area contributed by atoms with Gasteiger partial charge in [0.15, 0.2) is 0 Å². The van der Waals surface area contributed by atoms with Crippen LogP contribution in [0.5, 0.6) is 0 Å². The molecule has 0 aliphatic rings. The predicted molar refractivity (Wildman–Crippen MR) is 77.2 cm³/mol. The molecular weight excluding hydrogens is 286 g/mol. The first-order valence-corrected chi connectivity index (χ1v) is 6.46. The number of rotatable bonds is 5. The molecule has 0 bridgehead atoms. The molecule has 3 heteroatoms. The average Bonchev–Trinajstić information content (AvgIpc) is 2.22. The Hall–Kier alpha value is -0.0500. The van der Waals surface area contributed by atoms with Crippen LogP contribution in [0.25, 0.3) is 0 Å². The lowest BCUT2D eigenvalue weighted by molar-refractivity contribution is 0.581. The van der Waals surface area contributed by atoms with Crippen molar-refractivity contribution in [2.75, 3.05) is 0 Å². The van der Waals surface area contributed by atoms with E-state index in [9.17, 15) is 0 Å². The summed E-state index contributed by atoms with van der Waals surface area (Å²) in [5.74, 6) is 0.